The number of amides is 1. The number of aromatic nitrogens is 1. The molecule has 26 heavy (non-hydrogen) atoms. The van der Waals surface area contributed by atoms with Crippen molar-refractivity contribution < 1.29 is 17.6 Å². The predicted molar refractivity (Wildman–Crippen MR) is 99.4 cm³/mol. The Kier molecular flexibility index (Phi) is 5.39. The number of aryl methyl sites for hydroxylation is 1. The van der Waals surface area contributed by atoms with E-state index in [1.165, 1.54) is 11.3 Å². The highest BCUT2D eigenvalue weighted by Crippen LogP contribution is 2.31. The van der Waals surface area contributed by atoms with Gasteiger partial charge in [-0.2, -0.15) is 0 Å². The fraction of sp³-hybridized carbons (Fsp3) is 0.0667. The Labute approximate surface area is 161 Å². The molecule has 1 aromatic carbocycles. The summed E-state index contributed by atoms with van der Waals surface area (Å²) in [7, 11) is -4.10. The van der Waals surface area contributed by atoms with E-state index < -0.39 is 21.7 Å². The largest absolute Gasteiger partial charge is 0.278 e. The Morgan fingerprint density at radius 3 is 2.73 bits per heavy atom. The second-order valence-corrected chi connectivity index (χ2v) is 9.08. The van der Waals surface area contributed by atoms with E-state index in [9.17, 15) is 17.6 Å². The minimum atomic E-state index is -4.10. The van der Waals surface area contributed by atoms with Gasteiger partial charge in [0.2, 0.25) is 0 Å². The highest BCUT2D eigenvalue weighted by Gasteiger charge is 2.20. The first kappa shape index (κ1) is 18.9. The van der Waals surface area contributed by atoms with Crippen LogP contribution in [-0.2, 0) is 10.0 Å². The molecule has 3 aromatic rings. The zero-order chi connectivity index (χ0) is 18.9. The Morgan fingerprint density at radius 1 is 1.31 bits per heavy atom. The quantitative estimate of drug-likeness (QED) is 0.604. The molecule has 136 valence electrons. The van der Waals surface area contributed by atoms with E-state index in [0.717, 1.165) is 34.4 Å². The number of thiazole rings is 1. The molecular formula is C15H11ClFN3O3S3. The average Bonchev–Trinajstić information content (AvgIpc) is 3.24. The Balaban J connectivity index is 1.75. The fourth-order valence-corrected chi connectivity index (χ4v) is 4.85. The van der Waals surface area contributed by atoms with E-state index in [2.05, 4.69) is 10.4 Å². The number of carbonyl (C=O) groups is 1. The zero-order valence-electron chi connectivity index (χ0n) is 13.1. The van der Waals surface area contributed by atoms with Crippen molar-refractivity contribution in [1.29, 1.82) is 0 Å². The van der Waals surface area contributed by atoms with Crippen LogP contribution in [0.4, 0.5) is 4.39 Å². The van der Waals surface area contributed by atoms with E-state index in [0.29, 0.717) is 10.7 Å². The standard InChI is InChI=1S/C15H11ClFN3O3S3/c1-8-13(25-15(18-8)12-3-2-6-24-12)14(21)19-20-26(22,23)9-4-5-11(17)10(16)7-9/h2-7,20H,1H3,(H,19,21). The van der Waals surface area contributed by atoms with Crippen LogP contribution in [0.1, 0.15) is 15.4 Å². The van der Waals surface area contributed by atoms with Gasteiger partial charge >= 0.3 is 0 Å². The summed E-state index contributed by atoms with van der Waals surface area (Å²) < 4.78 is 37.5. The number of hydrazine groups is 1. The van der Waals surface area contributed by atoms with Gasteiger partial charge in [-0.15, -0.1) is 27.5 Å². The van der Waals surface area contributed by atoms with Crippen LogP contribution in [0.3, 0.4) is 0 Å². The minimum Gasteiger partial charge on any atom is -0.273 e. The molecule has 0 aliphatic rings. The van der Waals surface area contributed by atoms with Crippen molar-refractivity contribution in [2.45, 2.75) is 11.8 Å². The zero-order valence-corrected chi connectivity index (χ0v) is 16.3. The van der Waals surface area contributed by atoms with Crippen LogP contribution in [0.2, 0.25) is 5.02 Å². The van der Waals surface area contributed by atoms with Crippen molar-refractivity contribution in [2.75, 3.05) is 0 Å². The number of hydrogen-bond acceptors (Lipinski definition) is 6. The number of benzene rings is 1. The number of nitrogens with one attached hydrogen (secondary N) is 2. The van der Waals surface area contributed by atoms with Gasteiger partial charge < -0.3 is 0 Å². The summed E-state index contributed by atoms with van der Waals surface area (Å²) in [5.41, 5.74) is 2.62. The summed E-state index contributed by atoms with van der Waals surface area (Å²) in [6.45, 7) is 1.66. The SMILES string of the molecule is Cc1nc(-c2cccs2)sc1C(=O)NNS(=O)(=O)c1ccc(F)c(Cl)c1. The Bertz CT molecular complexity index is 1070. The van der Waals surface area contributed by atoms with Crippen molar-refractivity contribution >= 4 is 50.2 Å². The molecule has 2 heterocycles. The van der Waals surface area contributed by atoms with Crippen LogP contribution in [0.5, 0.6) is 0 Å². The van der Waals surface area contributed by atoms with Crippen LogP contribution in [0.15, 0.2) is 40.6 Å². The molecule has 11 heteroatoms. The molecule has 0 aliphatic carbocycles. The summed E-state index contributed by atoms with van der Waals surface area (Å²) in [5, 5.41) is 2.24. The van der Waals surface area contributed by atoms with Crippen LogP contribution in [0.25, 0.3) is 9.88 Å². The summed E-state index contributed by atoms with van der Waals surface area (Å²) in [6.07, 6.45) is 0. The van der Waals surface area contributed by atoms with Gasteiger partial charge in [0.1, 0.15) is 15.7 Å². The van der Waals surface area contributed by atoms with Crippen LogP contribution in [-0.4, -0.2) is 19.3 Å². The lowest BCUT2D eigenvalue weighted by atomic mass is 10.3. The number of thiophene rings is 1. The van der Waals surface area contributed by atoms with E-state index in [4.69, 9.17) is 11.6 Å². The lowest BCUT2D eigenvalue weighted by Gasteiger charge is -2.08. The Morgan fingerprint density at radius 2 is 2.08 bits per heavy atom. The molecule has 0 bridgehead atoms. The van der Waals surface area contributed by atoms with Gasteiger partial charge in [0.15, 0.2) is 0 Å². The molecule has 6 nitrogen and oxygen atoms in total. The molecule has 0 unspecified atom stereocenters. The topological polar surface area (TPSA) is 88.2 Å². The van der Waals surface area contributed by atoms with Gasteiger partial charge in [0.05, 0.1) is 20.5 Å². The second kappa shape index (κ2) is 7.41. The van der Waals surface area contributed by atoms with Crippen molar-refractivity contribution in [1.82, 2.24) is 15.2 Å². The molecule has 2 aromatic heterocycles. The van der Waals surface area contributed by atoms with Crippen LogP contribution >= 0.6 is 34.3 Å². The monoisotopic (exact) mass is 431 g/mol. The van der Waals surface area contributed by atoms with E-state index >= 15 is 0 Å². The average molecular weight is 432 g/mol. The fourth-order valence-electron chi connectivity index (χ4n) is 1.99. The first-order valence-corrected chi connectivity index (χ1v) is 10.6. The molecule has 0 atom stereocenters. The first-order chi connectivity index (χ1) is 12.3. The molecule has 0 spiro atoms. The smallest absolute Gasteiger partial charge is 0.273 e. The normalized spacial score (nSPS) is 11.5. The second-order valence-electron chi connectivity index (χ2n) is 5.05. The number of hydrogen-bond donors (Lipinski definition) is 2. The molecule has 0 radical (unpaired) electrons. The van der Waals surface area contributed by atoms with Crippen molar-refractivity contribution in [3.8, 4) is 9.88 Å². The molecule has 0 saturated carbocycles. The highest BCUT2D eigenvalue weighted by molar-refractivity contribution is 7.89. The summed E-state index contributed by atoms with van der Waals surface area (Å²) >= 11 is 8.24. The summed E-state index contributed by atoms with van der Waals surface area (Å²) in [4.78, 5) is 19.5. The van der Waals surface area contributed by atoms with Crippen molar-refractivity contribution in [3.63, 3.8) is 0 Å². The van der Waals surface area contributed by atoms with Crippen LogP contribution in [0, 0.1) is 12.7 Å². The minimum absolute atomic E-state index is 0.274. The van der Waals surface area contributed by atoms with Gasteiger partial charge in [-0.25, -0.2) is 17.8 Å². The molecule has 0 fully saturated rings. The predicted octanol–water partition coefficient (Wildman–Crippen LogP) is 3.60. The third kappa shape index (κ3) is 3.94. The van der Waals surface area contributed by atoms with Gasteiger partial charge in [0, 0.05) is 0 Å². The van der Waals surface area contributed by atoms with E-state index in [1.807, 2.05) is 22.3 Å². The van der Waals surface area contributed by atoms with Gasteiger partial charge in [-0.3, -0.25) is 10.2 Å². The molecule has 2 N–H and O–H groups in total. The molecule has 1 amide bonds. The lowest BCUT2D eigenvalue weighted by Crippen LogP contribution is -2.41. The third-order valence-electron chi connectivity index (χ3n) is 3.24. The number of nitrogens with zero attached hydrogens (tertiary/aromatic N) is 1. The van der Waals surface area contributed by atoms with Crippen molar-refractivity contribution in [3.05, 3.63) is 57.1 Å². The Hall–Kier alpha value is -1.85. The molecule has 3 rings (SSSR count). The first-order valence-electron chi connectivity index (χ1n) is 7.06. The summed E-state index contributed by atoms with van der Waals surface area (Å²) in [5.74, 6) is -1.38. The number of sulfonamides is 1. The maximum Gasteiger partial charge on any atom is 0.278 e. The molecule has 0 aliphatic heterocycles. The summed E-state index contributed by atoms with van der Waals surface area (Å²) in [6, 6.07) is 6.68. The molecule has 0 saturated heterocycles. The van der Waals surface area contributed by atoms with Crippen LogP contribution < -0.4 is 10.3 Å². The number of rotatable bonds is 5. The van der Waals surface area contributed by atoms with Gasteiger partial charge in [0.25, 0.3) is 15.9 Å². The third-order valence-corrected chi connectivity index (χ3v) is 6.97. The van der Waals surface area contributed by atoms with Gasteiger partial charge in [-0.1, -0.05) is 17.7 Å². The highest BCUT2D eigenvalue weighted by atomic mass is 35.5. The maximum absolute atomic E-state index is 13.2. The van der Waals surface area contributed by atoms with E-state index in [-0.39, 0.29) is 14.8 Å². The number of carbonyl (C=O) groups excluding carboxylic acids is 1. The van der Waals surface area contributed by atoms with Gasteiger partial charge in [-0.05, 0) is 36.6 Å². The lowest BCUT2D eigenvalue weighted by molar-refractivity contribution is 0.0948. The molecular weight excluding hydrogens is 421 g/mol. The maximum atomic E-state index is 13.2. The van der Waals surface area contributed by atoms with E-state index in [1.54, 1.807) is 6.92 Å². The van der Waals surface area contributed by atoms with Crippen molar-refractivity contribution in [2.24, 2.45) is 0 Å². The number of halogens is 2.